The van der Waals surface area contributed by atoms with E-state index in [0.29, 0.717) is 17.1 Å². The molecule has 16 heavy (non-hydrogen) atoms. The van der Waals surface area contributed by atoms with E-state index in [1.807, 2.05) is 0 Å². The molecule has 6 heteroatoms. The van der Waals surface area contributed by atoms with Crippen molar-refractivity contribution >= 4 is 5.97 Å². The Morgan fingerprint density at radius 1 is 1.50 bits per heavy atom. The average Bonchev–Trinajstić information content (AvgIpc) is 2.78. The molecule has 0 unspecified atom stereocenters. The normalized spacial score (nSPS) is 10.1. The SMILES string of the molecule is COc1ccc(-c2cc(C(=O)O)on2)cn1. The highest BCUT2D eigenvalue weighted by molar-refractivity contribution is 5.85. The van der Waals surface area contributed by atoms with E-state index < -0.39 is 5.97 Å². The second-order valence-electron chi connectivity index (χ2n) is 2.97. The van der Waals surface area contributed by atoms with E-state index in [1.165, 1.54) is 19.4 Å². The molecule has 0 bridgehead atoms. The van der Waals surface area contributed by atoms with Gasteiger partial charge in [0, 0.05) is 23.9 Å². The second kappa shape index (κ2) is 4.01. The fourth-order valence-electron chi connectivity index (χ4n) is 1.16. The lowest BCUT2D eigenvalue weighted by atomic mass is 10.2. The van der Waals surface area contributed by atoms with Crippen LogP contribution in [0.25, 0.3) is 11.3 Å². The Hall–Kier alpha value is -2.37. The van der Waals surface area contributed by atoms with E-state index >= 15 is 0 Å². The minimum atomic E-state index is -1.15. The molecule has 2 heterocycles. The molecule has 0 fully saturated rings. The molecular weight excluding hydrogens is 212 g/mol. The standard InChI is InChI=1S/C10H8N2O4/c1-15-9-3-2-6(5-11-9)7-4-8(10(13)14)16-12-7/h2-5H,1H3,(H,13,14). The van der Waals surface area contributed by atoms with Gasteiger partial charge >= 0.3 is 5.97 Å². The molecule has 0 spiro atoms. The predicted octanol–water partition coefficient (Wildman–Crippen LogP) is 1.44. The first-order valence-corrected chi connectivity index (χ1v) is 4.41. The Morgan fingerprint density at radius 2 is 2.31 bits per heavy atom. The second-order valence-corrected chi connectivity index (χ2v) is 2.97. The predicted molar refractivity (Wildman–Crippen MR) is 53.2 cm³/mol. The highest BCUT2D eigenvalue weighted by atomic mass is 16.5. The summed E-state index contributed by atoms with van der Waals surface area (Å²) in [4.78, 5) is 14.6. The van der Waals surface area contributed by atoms with Crippen LogP contribution in [0.2, 0.25) is 0 Å². The summed E-state index contributed by atoms with van der Waals surface area (Å²) >= 11 is 0. The van der Waals surface area contributed by atoms with Crippen molar-refractivity contribution < 1.29 is 19.2 Å². The van der Waals surface area contributed by atoms with Crippen LogP contribution in [-0.2, 0) is 0 Å². The van der Waals surface area contributed by atoms with Gasteiger partial charge in [0.15, 0.2) is 0 Å². The van der Waals surface area contributed by atoms with Crippen molar-refractivity contribution in [1.82, 2.24) is 10.1 Å². The van der Waals surface area contributed by atoms with Crippen molar-refractivity contribution in [2.45, 2.75) is 0 Å². The first-order chi connectivity index (χ1) is 7.70. The molecule has 0 radical (unpaired) electrons. The molecule has 0 aliphatic rings. The number of carbonyl (C=O) groups is 1. The van der Waals surface area contributed by atoms with Crippen molar-refractivity contribution in [2.75, 3.05) is 7.11 Å². The largest absolute Gasteiger partial charge is 0.481 e. The fraction of sp³-hybridized carbons (Fsp3) is 0.100. The minimum Gasteiger partial charge on any atom is -0.481 e. The zero-order valence-electron chi connectivity index (χ0n) is 8.38. The summed E-state index contributed by atoms with van der Waals surface area (Å²) in [5, 5.41) is 12.3. The molecular formula is C10H8N2O4. The maximum Gasteiger partial charge on any atom is 0.374 e. The number of hydrogen-bond acceptors (Lipinski definition) is 5. The monoisotopic (exact) mass is 220 g/mol. The van der Waals surface area contributed by atoms with Crippen LogP contribution < -0.4 is 4.74 Å². The highest BCUT2D eigenvalue weighted by Gasteiger charge is 2.12. The maximum atomic E-state index is 10.6. The van der Waals surface area contributed by atoms with Gasteiger partial charge in [-0.05, 0) is 6.07 Å². The van der Waals surface area contributed by atoms with Crippen molar-refractivity contribution in [1.29, 1.82) is 0 Å². The minimum absolute atomic E-state index is 0.203. The molecule has 82 valence electrons. The lowest BCUT2D eigenvalue weighted by molar-refractivity contribution is 0.0652. The summed E-state index contributed by atoms with van der Waals surface area (Å²) in [6, 6.07) is 4.71. The van der Waals surface area contributed by atoms with Gasteiger partial charge in [-0.15, -0.1) is 0 Å². The number of rotatable bonds is 3. The Kier molecular flexibility index (Phi) is 2.55. The van der Waals surface area contributed by atoms with Crippen LogP contribution in [0.1, 0.15) is 10.6 Å². The third-order valence-corrected chi connectivity index (χ3v) is 1.96. The third-order valence-electron chi connectivity index (χ3n) is 1.96. The molecule has 0 saturated carbocycles. The van der Waals surface area contributed by atoms with E-state index in [9.17, 15) is 4.79 Å². The van der Waals surface area contributed by atoms with Crippen LogP contribution in [0.5, 0.6) is 5.88 Å². The van der Waals surface area contributed by atoms with Crippen LogP contribution >= 0.6 is 0 Å². The van der Waals surface area contributed by atoms with E-state index in [2.05, 4.69) is 14.7 Å². The topological polar surface area (TPSA) is 85.5 Å². The molecule has 0 saturated heterocycles. The molecule has 0 amide bonds. The number of pyridine rings is 1. The van der Waals surface area contributed by atoms with E-state index in [1.54, 1.807) is 12.1 Å². The van der Waals surface area contributed by atoms with Crippen molar-refractivity contribution in [3.8, 4) is 17.1 Å². The summed E-state index contributed by atoms with van der Waals surface area (Å²) in [6.07, 6.45) is 1.53. The Bertz CT molecular complexity index is 504. The smallest absolute Gasteiger partial charge is 0.374 e. The number of carboxylic acids is 1. The average molecular weight is 220 g/mol. The van der Waals surface area contributed by atoms with Gasteiger partial charge in [0.1, 0.15) is 5.69 Å². The van der Waals surface area contributed by atoms with Crippen LogP contribution in [0, 0.1) is 0 Å². The van der Waals surface area contributed by atoms with Crippen LogP contribution in [0.3, 0.4) is 0 Å². The fourth-order valence-corrected chi connectivity index (χ4v) is 1.16. The molecule has 1 N–H and O–H groups in total. The van der Waals surface area contributed by atoms with Crippen LogP contribution in [0.15, 0.2) is 28.9 Å². The van der Waals surface area contributed by atoms with Crippen molar-refractivity contribution in [3.05, 3.63) is 30.2 Å². The number of nitrogens with zero attached hydrogens (tertiary/aromatic N) is 2. The molecule has 0 aromatic carbocycles. The number of methoxy groups -OCH3 is 1. The lowest BCUT2D eigenvalue weighted by Crippen LogP contribution is -1.91. The Morgan fingerprint density at radius 3 is 2.81 bits per heavy atom. The zero-order chi connectivity index (χ0) is 11.5. The van der Waals surface area contributed by atoms with Gasteiger partial charge in [-0.25, -0.2) is 9.78 Å². The molecule has 2 aromatic rings. The number of ether oxygens (including phenoxy) is 1. The van der Waals surface area contributed by atoms with Gasteiger partial charge in [-0.3, -0.25) is 0 Å². The molecule has 0 atom stereocenters. The Balaban J connectivity index is 2.31. The molecule has 0 aliphatic heterocycles. The van der Waals surface area contributed by atoms with Crippen LogP contribution in [-0.4, -0.2) is 28.3 Å². The summed E-state index contributed by atoms with van der Waals surface area (Å²) in [5.74, 6) is -0.878. The molecule has 6 nitrogen and oxygen atoms in total. The number of aromatic carboxylic acids is 1. The van der Waals surface area contributed by atoms with Crippen LogP contribution in [0.4, 0.5) is 0 Å². The first kappa shape index (κ1) is 10.2. The lowest BCUT2D eigenvalue weighted by Gasteiger charge is -1.98. The van der Waals surface area contributed by atoms with Crippen molar-refractivity contribution in [2.24, 2.45) is 0 Å². The van der Waals surface area contributed by atoms with E-state index in [4.69, 9.17) is 9.84 Å². The first-order valence-electron chi connectivity index (χ1n) is 4.41. The van der Waals surface area contributed by atoms with Gasteiger partial charge < -0.3 is 14.4 Å². The van der Waals surface area contributed by atoms with E-state index in [-0.39, 0.29) is 5.76 Å². The number of hydrogen-bond donors (Lipinski definition) is 1. The van der Waals surface area contributed by atoms with Crippen molar-refractivity contribution in [3.63, 3.8) is 0 Å². The van der Waals surface area contributed by atoms with Gasteiger partial charge in [0.25, 0.3) is 0 Å². The Labute approximate surface area is 90.5 Å². The zero-order valence-corrected chi connectivity index (χ0v) is 8.38. The summed E-state index contributed by atoms with van der Waals surface area (Å²) in [7, 11) is 1.51. The van der Waals surface area contributed by atoms with Gasteiger partial charge in [0.2, 0.25) is 11.6 Å². The molecule has 2 rings (SSSR count). The number of aromatic nitrogens is 2. The quantitative estimate of drug-likeness (QED) is 0.842. The summed E-state index contributed by atoms with van der Waals surface area (Å²) < 4.78 is 9.53. The highest BCUT2D eigenvalue weighted by Crippen LogP contribution is 2.19. The summed E-state index contributed by atoms with van der Waals surface area (Å²) in [5.41, 5.74) is 1.09. The maximum absolute atomic E-state index is 10.6. The number of carboxylic acid groups (broad SMARTS) is 1. The van der Waals surface area contributed by atoms with Gasteiger partial charge in [-0.1, -0.05) is 5.16 Å². The van der Waals surface area contributed by atoms with E-state index in [0.717, 1.165) is 0 Å². The molecule has 0 aliphatic carbocycles. The molecule has 2 aromatic heterocycles. The summed E-state index contributed by atoms with van der Waals surface area (Å²) in [6.45, 7) is 0. The van der Waals surface area contributed by atoms with Gasteiger partial charge in [-0.2, -0.15) is 0 Å². The third kappa shape index (κ3) is 1.85. The van der Waals surface area contributed by atoms with Gasteiger partial charge in [0.05, 0.1) is 7.11 Å².